The van der Waals surface area contributed by atoms with Gasteiger partial charge in [0.25, 0.3) is 0 Å². The summed E-state index contributed by atoms with van der Waals surface area (Å²) in [6.07, 6.45) is 2.24. The van der Waals surface area contributed by atoms with Gasteiger partial charge in [-0.25, -0.2) is 0 Å². The van der Waals surface area contributed by atoms with Crippen LogP contribution in [0.2, 0.25) is 0 Å². The van der Waals surface area contributed by atoms with Crippen molar-refractivity contribution < 1.29 is 4.79 Å². The van der Waals surface area contributed by atoms with Crippen molar-refractivity contribution in [3.8, 4) is 5.69 Å². The molecule has 6 nitrogen and oxygen atoms in total. The normalized spacial score (nSPS) is 14.8. The maximum atomic E-state index is 12.3. The molecule has 0 radical (unpaired) electrons. The molecule has 26 heavy (non-hydrogen) atoms. The molecule has 7 heteroatoms. The van der Waals surface area contributed by atoms with Gasteiger partial charge in [0.05, 0.1) is 11.4 Å². The summed E-state index contributed by atoms with van der Waals surface area (Å²) >= 11 is 1.34. The van der Waals surface area contributed by atoms with Crippen LogP contribution in [-0.2, 0) is 10.2 Å². The second kappa shape index (κ2) is 7.29. The summed E-state index contributed by atoms with van der Waals surface area (Å²) in [5.41, 5.74) is 2.30. The molecule has 0 unspecified atom stereocenters. The number of tetrazole rings is 1. The molecule has 0 spiro atoms. The number of para-hydroxylation sites is 1. The first-order chi connectivity index (χ1) is 12.8. The van der Waals surface area contributed by atoms with Gasteiger partial charge in [-0.2, -0.15) is 4.68 Å². The SMILES string of the molecule is O=C(CSc1nnnn1-c1ccccc1)NCC1(c2ccccc2)CC1. The number of hydrogen-bond donors (Lipinski definition) is 1. The van der Waals surface area contributed by atoms with Crippen LogP contribution in [0.15, 0.2) is 65.8 Å². The number of rotatable bonds is 7. The minimum Gasteiger partial charge on any atom is -0.354 e. The molecule has 3 aromatic rings. The first kappa shape index (κ1) is 16.8. The van der Waals surface area contributed by atoms with Crippen molar-refractivity contribution in [2.24, 2.45) is 0 Å². The first-order valence-corrected chi connectivity index (χ1v) is 9.54. The molecule has 1 aliphatic carbocycles. The van der Waals surface area contributed by atoms with Crippen LogP contribution in [0.3, 0.4) is 0 Å². The molecule has 0 aliphatic heterocycles. The molecule has 1 heterocycles. The Labute approximate surface area is 156 Å². The molecular formula is C19H19N5OS. The van der Waals surface area contributed by atoms with E-state index in [0.29, 0.717) is 11.7 Å². The van der Waals surface area contributed by atoms with E-state index in [1.54, 1.807) is 4.68 Å². The van der Waals surface area contributed by atoms with Gasteiger partial charge in [0.2, 0.25) is 11.1 Å². The topological polar surface area (TPSA) is 72.7 Å². The summed E-state index contributed by atoms with van der Waals surface area (Å²) in [7, 11) is 0. The fraction of sp³-hybridized carbons (Fsp3) is 0.263. The molecule has 1 N–H and O–H groups in total. The highest BCUT2D eigenvalue weighted by molar-refractivity contribution is 7.99. The molecule has 0 atom stereocenters. The van der Waals surface area contributed by atoms with E-state index in [2.05, 4.69) is 45.1 Å². The smallest absolute Gasteiger partial charge is 0.230 e. The number of nitrogens with one attached hydrogen (secondary N) is 1. The lowest BCUT2D eigenvalue weighted by atomic mass is 9.96. The standard InChI is InChI=1S/C19H19N5OS/c25-17(20-14-19(11-12-19)15-7-3-1-4-8-15)13-26-18-21-22-23-24(18)16-9-5-2-6-10-16/h1-10H,11-14H2,(H,20,25). The molecule has 1 aliphatic rings. The fourth-order valence-corrected chi connectivity index (χ4v) is 3.68. The van der Waals surface area contributed by atoms with E-state index in [0.717, 1.165) is 18.5 Å². The fourth-order valence-electron chi connectivity index (χ4n) is 2.96. The molecule has 2 aromatic carbocycles. The number of carbonyl (C=O) groups excluding carboxylic acids is 1. The number of benzene rings is 2. The number of amides is 1. The molecule has 1 fully saturated rings. The minimum absolute atomic E-state index is 0.000169. The van der Waals surface area contributed by atoms with E-state index in [1.165, 1.54) is 17.3 Å². The zero-order valence-electron chi connectivity index (χ0n) is 14.2. The lowest BCUT2D eigenvalue weighted by Crippen LogP contribution is -2.33. The van der Waals surface area contributed by atoms with Crippen LogP contribution in [0.1, 0.15) is 18.4 Å². The van der Waals surface area contributed by atoms with Gasteiger partial charge in [0, 0.05) is 12.0 Å². The number of carbonyl (C=O) groups is 1. The van der Waals surface area contributed by atoms with Gasteiger partial charge >= 0.3 is 0 Å². The van der Waals surface area contributed by atoms with E-state index >= 15 is 0 Å². The second-order valence-corrected chi connectivity index (χ2v) is 7.36. The summed E-state index contributed by atoms with van der Waals surface area (Å²) in [4.78, 5) is 12.3. The lowest BCUT2D eigenvalue weighted by Gasteiger charge is -2.16. The Hall–Kier alpha value is -2.67. The zero-order chi connectivity index (χ0) is 17.8. The lowest BCUT2D eigenvalue weighted by molar-refractivity contribution is -0.118. The Bertz CT molecular complexity index is 877. The van der Waals surface area contributed by atoms with E-state index in [9.17, 15) is 4.79 Å². The van der Waals surface area contributed by atoms with Gasteiger partial charge in [-0.15, -0.1) is 5.10 Å². The Kier molecular flexibility index (Phi) is 4.71. The van der Waals surface area contributed by atoms with Crippen LogP contribution in [0.4, 0.5) is 0 Å². The predicted octanol–water partition coefficient (Wildman–Crippen LogP) is 2.60. The van der Waals surface area contributed by atoms with Gasteiger partial charge in [-0.05, 0) is 41.0 Å². The highest BCUT2D eigenvalue weighted by Gasteiger charge is 2.44. The second-order valence-electron chi connectivity index (χ2n) is 6.42. The van der Waals surface area contributed by atoms with Crippen LogP contribution in [0.5, 0.6) is 0 Å². The number of thioether (sulfide) groups is 1. The monoisotopic (exact) mass is 365 g/mol. The molecular weight excluding hydrogens is 346 g/mol. The van der Waals surface area contributed by atoms with Gasteiger partial charge in [-0.1, -0.05) is 60.3 Å². The highest BCUT2D eigenvalue weighted by Crippen LogP contribution is 2.47. The van der Waals surface area contributed by atoms with E-state index in [1.807, 2.05) is 36.4 Å². The third-order valence-electron chi connectivity index (χ3n) is 4.64. The Morgan fingerprint density at radius 3 is 2.46 bits per heavy atom. The maximum Gasteiger partial charge on any atom is 0.230 e. The van der Waals surface area contributed by atoms with Crippen molar-refractivity contribution in [3.05, 3.63) is 66.2 Å². The van der Waals surface area contributed by atoms with Crippen molar-refractivity contribution in [3.63, 3.8) is 0 Å². The molecule has 1 aromatic heterocycles. The summed E-state index contributed by atoms with van der Waals surface area (Å²) in [6, 6.07) is 20.1. The van der Waals surface area contributed by atoms with Crippen molar-refractivity contribution in [2.75, 3.05) is 12.3 Å². The summed E-state index contributed by atoms with van der Waals surface area (Å²) < 4.78 is 1.64. The summed E-state index contributed by atoms with van der Waals surface area (Å²) in [5, 5.41) is 15.4. The van der Waals surface area contributed by atoms with Gasteiger partial charge in [-0.3, -0.25) is 4.79 Å². The van der Waals surface area contributed by atoms with E-state index in [-0.39, 0.29) is 17.1 Å². The first-order valence-electron chi connectivity index (χ1n) is 8.56. The Morgan fingerprint density at radius 2 is 1.77 bits per heavy atom. The van der Waals surface area contributed by atoms with Gasteiger partial charge in [0.1, 0.15) is 0 Å². The van der Waals surface area contributed by atoms with Crippen LogP contribution in [0, 0.1) is 0 Å². The zero-order valence-corrected chi connectivity index (χ0v) is 15.0. The number of aromatic nitrogens is 4. The highest BCUT2D eigenvalue weighted by atomic mass is 32.2. The third kappa shape index (κ3) is 3.62. The minimum atomic E-state index is -0.000169. The van der Waals surface area contributed by atoms with Crippen LogP contribution >= 0.6 is 11.8 Å². The molecule has 0 bridgehead atoms. The number of nitrogens with zero attached hydrogens (tertiary/aromatic N) is 4. The van der Waals surface area contributed by atoms with Crippen molar-refractivity contribution >= 4 is 17.7 Å². The number of hydrogen-bond acceptors (Lipinski definition) is 5. The van der Waals surface area contributed by atoms with Crippen LogP contribution < -0.4 is 5.32 Å². The molecule has 0 saturated heterocycles. The average molecular weight is 365 g/mol. The van der Waals surface area contributed by atoms with Crippen molar-refractivity contribution in [2.45, 2.75) is 23.4 Å². The molecule has 132 valence electrons. The maximum absolute atomic E-state index is 12.3. The largest absolute Gasteiger partial charge is 0.354 e. The van der Waals surface area contributed by atoms with Crippen LogP contribution in [0.25, 0.3) is 5.69 Å². The van der Waals surface area contributed by atoms with E-state index < -0.39 is 0 Å². The van der Waals surface area contributed by atoms with Crippen molar-refractivity contribution in [1.82, 2.24) is 25.5 Å². The Balaban J connectivity index is 1.32. The van der Waals surface area contributed by atoms with E-state index in [4.69, 9.17) is 0 Å². The average Bonchev–Trinajstić information content (AvgIpc) is 3.35. The molecule has 1 amide bonds. The molecule has 4 rings (SSSR count). The van der Waals surface area contributed by atoms with Crippen molar-refractivity contribution in [1.29, 1.82) is 0 Å². The van der Waals surface area contributed by atoms with Gasteiger partial charge in [0.15, 0.2) is 0 Å². The predicted molar refractivity (Wildman–Crippen MR) is 100 cm³/mol. The van der Waals surface area contributed by atoms with Crippen LogP contribution in [-0.4, -0.2) is 38.4 Å². The van der Waals surface area contributed by atoms with Gasteiger partial charge < -0.3 is 5.32 Å². The Morgan fingerprint density at radius 1 is 1.08 bits per heavy atom. The third-order valence-corrected chi connectivity index (χ3v) is 5.56. The summed E-state index contributed by atoms with van der Waals surface area (Å²) in [5.74, 6) is 0.290. The quantitative estimate of drug-likeness (QED) is 0.652. The molecule has 1 saturated carbocycles. The summed E-state index contributed by atoms with van der Waals surface area (Å²) in [6.45, 7) is 0.681.